The first-order valence-electron chi connectivity index (χ1n) is 10.2. The van der Waals surface area contributed by atoms with E-state index in [1.54, 1.807) is 28.9 Å². The smallest absolute Gasteiger partial charge is 0.351 e. The van der Waals surface area contributed by atoms with Gasteiger partial charge in [-0.1, -0.05) is 18.2 Å². The number of thiophene rings is 1. The van der Waals surface area contributed by atoms with Crippen molar-refractivity contribution in [3.63, 3.8) is 0 Å². The fraction of sp³-hybridized carbons (Fsp3) is 0.167. The van der Waals surface area contributed by atoms with Gasteiger partial charge in [-0.25, -0.2) is 14.3 Å². The monoisotopic (exact) mass is 479 g/mol. The van der Waals surface area contributed by atoms with Crippen molar-refractivity contribution in [3.8, 4) is 11.4 Å². The zero-order chi connectivity index (χ0) is 24.2. The number of hydrogen-bond donors (Lipinski definition) is 1. The van der Waals surface area contributed by atoms with E-state index in [0.717, 1.165) is 22.7 Å². The van der Waals surface area contributed by atoms with Gasteiger partial charge in [0.25, 0.3) is 5.91 Å². The number of anilines is 1. The topological polar surface area (TPSA) is 109 Å². The number of nitrogens with one attached hydrogen (secondary N) is 1. The second kappa shape index (κ2) is 9.75. The molecule has 2 aromatic heterocycles. The SMILES string of the molecule is COC(=O)COc1c(C(=O)OC)sc2cc(C(=O)Nc3cc(C)n(-c4ccccc4)n3)ccc12. The Morgan fingerprint density at radius 3 is 2.50 bits per heavy atom. The van der Waals surface area contributed by atoms with Crippen LogP contribution in [-0.2, 0) is 14.3 Å². The molecule has 1 amide bonds. The van der Waals surface area contributed by atoms with Gasteiger partial charge in [0, 0.05) is 27.4 Å². The van der Waals surface area contributed by atoms with E-state index in [1.807, 2.05) is 37.3 Å². The minimum absolute atomic E-state index is 0.191. The minimum Gasteiger partial charge on any atom is -0.479 e. The molecule has 0 saturated carbocycles. The normalized spacial score (nSPS) is 10.7. The Hall–Kier alpha value is -4.18. The molecule has 0 atom stereocenters. The van der Waals surface area contributed by atoms with Crippen LogP contribution in [0.5, 0.6) is 5.75 Å². The lowest BCUT2D eigenvalue weighted by Crippen LogP contribution is -2.14. The number of methoxy groups -OCH3 is 2. The first-order valence-corrected chi connectivity index (χ1v) is 11.0. The summed E-state index contributed by atoms with van der Waals surface area (Å²) in [7, 11) is 2.50. The molecule has 2 heterocycles. The van der Waals surface area contributed by atoms with E-state index < -0.39 is 11.9 Å². The maximum Gasteiger partial charge on any atom is 0.351 e. The fourth-order valence-electron chi connectivity index (χ4n) is 3.33. The van der Waals surface area contributed by atoms with Gasteiger partial charge in [-0.15, -0.1) is 16.4 Å². The van der Waals surface area contributed by atoms with Gasteiger partial charge in [0.2, 0.25) is 0 Å². The lowest BCUT2D eigenvalue weighted by molar-refractivity contribution is -0.142. The van der Waals surface area contributed by atoms with Gasteiger partial charge in [0.1, 0.15) is 0 Å². The van der Waals surface area contributed by atoms with Gasteiger partial charge in [-0.05, 0) is 37.3 Å². The van der Waals surface area contributed by atoms with Crippen LogP contribution in [0.4, 0.5) is 5.82 Å². The number of aromatic nitrogens is 2. The van der Waals surface area contributed by atoms with Gasteiger partial charge >= 0.3 is 11.9 Å². The van der Waals surface area contributed by atoms with E-state index in [1.165, 1.54) is 14.2 Å². The summed E-state index contributed by atoms with van der Waals surface area (Å²) in [6.45, 7) is 1.54. The molecule has 10 heteroatoms. The van der Waals surface area contributed by atoms with Gasteiger partial charge in [0.15, 0.2) is 23.1 Å². The Labute approximate surface area is 198 Å². The second-order valence-electron chi connectivity index (χ2n) is 7.20. The maximum absolute atomic E-state index is 12.9. The summed E-state index contributed by atoms with van der Waals surface area (Å²) >= 11 is 1.11. The van der Waals surface area contributed by atoms with Crippen LogP contribution in [0.15, 0.2) is 54.6 Å². The van der Waals surface area contributed by atoms with Gasteiger partial charge in [-0.3, -0.25) is 4.79 Å². The number of hydrogen-bond acceptors (Lipinski definition) is 8. The van der Waals surface area contributed by atoms with E-state index in [9.17, 15) is 14.4 Å². The maximum atomic E-state index is 12.9. The van der Waals surface area contributed by atoms with E-state index >= 15 is 0 Å². The Morgan fingerprint density at radius 1 is 1.03 bits per heavy atom. The summed E-state index contributed by atoms with van der Waals surface area (Å²) in [6.07, 6.45) is 0. The van der Waals surface area contributed by atoms with Crippen molar-refractivity contribution < 1.29 is 28.6 Å². The Kier molecular flexibility index (Phi) is 6.60. The third-order valence-electron chi connectivity index (χ3n) is 4.97. The van der Waals surface area contributed by atoms with Gasteiger partial charge < -0.3 is 19.5 Å². The molecule has 4 aromatic rings. The standard InChI is InChI=1S/C24H21N3O6S/c1-14-11-19(26-27(14)16-7-5-4-6-8-16)25-23(29)15-9-10-17-18(12-15)34-22(24(30)32-3)21(17)33-13-20(28)31-2/h4-12H,13H2,1-3H3,(H,25,26,29). The third-order valence-corrected chi connectivity index (χ3v) is 6.08. The van der Waals surface area contributed by atoms with Crippen LogP contribution in [0.2, 0.25) is 0 Å². The van der Waals surface area contributed by atoms with Crippen LogP contribution < -0.4 is 10.1 Å². The highest BCUT2D eigenvalue weighted by atomic mass is 32.1. The summed E-state index contributed by atoms with van der Waals surface area (Å²) < 4.78 is 17.3. The summed E-state index contributed by atoms with van der Waals surface area (Å²) in [5, 5.41) is 7.86. The zero-order valence-electron chi connectivity index (χ0n) is 18.7. The van der Waals surface area contributed by atoms with E-state index in [4.69, 9.17) is 9.47 Å². The van der Waals surface area contributed by atoms with Crippen molar-refractivity contribution in [2.24, 2.45) is 0 Å². The molecular formula is C24H21N3O6S. The van der Waals surface area contributed by atoms with Crippen molar-refractivity contribution in [2.75, 3.05) is 26.1 Å². The number of carbonyl (C=O) groups excluding carboxylic acids is 3. The molecule has 34 heavy (non-hydrogen) atoms. The van der Waals surface area contributed by atoms with Crippen LogP contribution in [0.25, 0.3) is 15.8 Å². The molecular weight excluding hydrogens is 458 g/mol. The summed E-state index contributed by atoms with van der Waals surface area (Å²) in [5.41, 5.74) is 2.12. The van der Waals surface area contributed by atoms with E-state index in [2.05, 4.69) is 15.2 Å². The number of para-hydroxylation sites is 1. The lowest BCUT2D eigenvalue weighted by atomic mass is 10.1. The van der Waals surface area contributed by atoms with Crippen molar-refractivity contribution in [1.82, 2.24) is 9.78 Å². The van der Waals surface area contributed by atoms with E-state index in [-0.39, 0.29) is 23.1 Å². The molecule has 0 saturated heterocycles. The Bertz CT molecular complexity index is 1380. The number of nitrogens with zero attached hydrogens (tertiary/aromatic N) is 2. The second-order valence-corrected chi connectivity index (χ2v) is 8.25. The molecule has 4 rings (SSSR count). The number of fused-ring (bicyclic) bond motifs is 1. The molecule has 0 bridgehead atoms. The molecule has 0 radical (unpaired) electrons. The van der Waals surface area contributed by atoms with Gasteiger partial charge in [-0.2, -0.15) is 0 Å². The third kappa shape index (κ3) is 4.62. The van der Waals surface area contributed by atoms with Crippen LogP contribution >= 0.6 is 11.3 Å². The predicted octanol–water partition coefficient (Wildman–Crippen LogP) is 3.99. The van der Waals surface area contributed by atoms with Crippen molar-refractivity contribution >= 4 is 45.1 Å². The molecule has 0 unspecified atom stereocenters. The van der Waals surface area contributed by atoms with Crippen LogP contribution in [0.1, 0.15) is 25.7 Å². The van der Waals surface area contributed by atoms with Crippen LogP contribution in [-0.4, -0.2) is 48.5 Å². The molecule has 0 aliphatic carbocycles. The largest absolute Gasteiger partial charge is 0.479 e. The molecule has 9 nitrogen and oxygen atoms in total. The quantitative estimate of drug-likeness (QED) is 0.399. The Morgan fingerprint density at radius 2 is 1.79 bits per heavy atom. The van der Waals surface area contributed by atoms with Crippen molar-refractivity contribution in [1.29, 1.82) is 0 Å². The summed E-state index contributed by atoms with van der Waals surface area (Å²) in [4.78, 5) is 36.8. The average molecular weight is 480 g/mol. The fourth-order valence-corrected chi connectivity index (χ4v) is 4.43. The molecule has 0 aliphatic heterocycles. The first-order chi connectivity index (χ1) is 16.4. The highest BCUT2D eigenvalue weighted by Gasteiger charge is 2.23. The number of carbonyl (C=O) groups is 3. The first kappa shape index (κ1) is 23.0. The summed E-state index contributed by atoms with van der Waals surface area (Å²) in [6, 6.07) is 16.3. The predicted molar refractivity (Wildman–Crippen MR) is 127 cm³/mol. The van der Waals surface area contributed by atoms with E-state index in [0.29, 0.717) is 21.5 Å². The number of benzene rings is 2. The lowest BCUT2D eigenvalue weighted by Gasteiger charge is -2.06. The van der Waals surface area contributed by atoms with Crippen LogP contribution in [0, 0.1) is 6.92 Å². The molecule has 0 fully saturated rings. The van der Waals surface area contributed by atoms with Crippen molar-refractivity contribution in [2.45, 2.75) is 6.92 Å². The number of rotatable bonds is 7. The number of amides is 1. The average Bonchev–Trinajstić information content (AvgIpc) is 3.41. The van der Waals surface area contributed by atoms with Crippen LogP contribution in [0.3, 0.4) is 0 Å². The Balaban J connectivity index is 1.60. The number of ether oxygens (including phenoxy) is 3. The number of esters is 2. The zero-order valence-corrected chi connectivity index (χ0v) is 19.5. The number of aryl methyl sites for hydroxylation is 1. The highest BCUT2D eigenvalue weighted by molar-refractivity contribution is 7.21. The molecule has 2 aromatic carbocycles. The minimum atomic E-state index is -0.603. The highest BCUT2D eigenvalue weighted by Crippen LogP contribution is 2.39. The summed E-state index contributed by atoms with van der Waals surface area (Å²) in [5.74, 6) is -0.925. The molecule has 1 N–H and O–H groups in total. The van der Waals surface area contributed by atoms with Gasteiger partial charge in [0.05, 0.1) is 19.9 Å². The molecule has 174 valence electrons. The molecule has 0 spiro atoms. The van der Waals surface area contributed by atoms with Crippen molar-refractivity contribution in [3.05, 3.63) is 70.7 Å². The molecule has 0 aliphatic rings.